The van der Waals surface area contributed by atoms with E-state index in [-0.39, 0.29) is 16.6 Å². The van der Waals surface area contributed by atoms with Gasteiger partial charge in [-0.3, -0.25) is 9.52 Å². The molecular formula is C17H16N4O3S2. The number of rotatable bonds is 5. The summed E-state index contributed by atoms with van der Waals surface area (Å²) in [5.74, 6) is 0.458. The summed E-state index contributed by atoms with van der Waals surface area (Å²) in [5, 5.41) is 4.54. The number of nitrogens with zero attached hydrogens (tertiary/aromatic N) is 2. The minimum absolute atomic E-state index is 0.0699. The number of amides is 1. The molecule has 0 saturated heterocycles. The van der Waals surface area contributed by atoms with Gasteiger partial charge >= 0.3 is 0 Å². The first-order chi connectivity index (χ1) is 12.3. The van der Waals surface area contributed by atoms with Gasteiger partial charge in [-0.1, -0.05) is 6.07 Å². The van der Waals surface area contributed by atoms with E-state index in [2.05, 4.69) is 20.0 Å². The highest BCUT2D eigenvalue weighted by atomic mass is 32.2. The second-order valence-corrected chi connectivity index (χ2v) is 8.13. The largest absolute Gasteiger partial charge is 0.321 e. The van der Waals surface area contributed by atoms with E-state index in [0.29, 0.717) is 22.1 Å². The first kappa shape index (κ1) is 18.0. The van der Waals surface area contributed by atoms with Crippen molar-refractivity contribution >= 4 is 38.8 Å². The Balaban J connectivity index is 1.75. The van der Waals surface area contributed by atoms with E-state index in [0.717, 1.165) is 0 Å². The molecule has 0 aliphatic heterocycles. The average molecular weight is 388 g/mol. The summed E-state index contributed by atoms with van der Waals surface area (Å²) in [6, 6.07) is 11.0. The molecule has 0 unspecified atom stereocenters. The maximum atomic E-state index is 12.5. The van der Waals surface area contributed by atoms with Crippen molar-refractivity contribution in [3.05, 3.63) is 64.2 Å². The summed E-state index contributed by atoms with van der Waals surface area (Å²) in [6.07, 6.45) is 0. The molecule has 0 saturated carbocycles. The predicted octanol–water partition coefficient (Wildman–Crippen LogP) is 3.21. The van der Waals surface area contributed by atoms with Crippen LogP contribution >= 0.6 is 11.3 Å². The molecule has 26 heavy (non-hydrogen) atoms. The lowest BCUT2D eigenvalue weighted by Crippen LogP contribution is -2.15. The Hall–Kier alpha value is -2.78. The van der Waals surface area contributed by atoms with Gasteiger partial charge in [-0.25, -0.2) is 18.4 Å². The zero-order valence-electron chi connectivity index (χ0n) is 14.1. The fourth-order valence-electron chi connectivity index (χ4n) is 2.28. The summed E-state index contributed by atoms with van der Waals surface area (Å²) >= 11 is 1.33. The second kappa shape index (κ2) is 7.22. The third-order valence-corrected chi connectivity index (χ3v) is 5.61. The van der Waals surface area contributed by atoms with Gasteiger partial charge in [0.25, 0.3) is 15.9 Å². The maximum absolute atomic E-state index is 12.5. The van der Waals surface area contributed by atoms with Crippen LogP contribution in [0.5, 0.6) is 0 Å². The molecule has 9 heteroatoms. The molecule has 3 aromatic rings. The zero-order valence-corrected chi connectivity index (χ0v) is 15.7. The third kappa shape index (κ3) is 4.24. The Morgan fingerprint density at radius 1 is 1.08 bits per heavy atom. The topological polar surface area (TPSA) is 101 Å². The van der Waals surface area contributed by atoms with E-state index in [1.54, 1.807) is 32.0 Å². The number of nitrogens with one attached hydrogen (secondary N) is 2. The molecule has 7 nitrogen and oxygen atoms in total. The molecule has 0 radical (unpaired) electrons. The quantitative estimate of drug-likeness (QED) is 0.699. The summed E-state index contributed by atoms with van der Waals surface area (Å²) in [5.41, 5.74) is 1.18. The first-order valence-electron chi connectivity index (χ1n) is 7.63. The van der Waals surface area contributed by atoms with E-state index in [9.17, 15) is 13.2 Å². The number of aromatic nitrogens is 2. The van der Waals surface area contributed by atoms with Gasteiger partial charge < -0.3 is 5.32 Å². The highest BCUT2D eigenvalue weighted by Crippen LogP contribution is 2.19. The Kier molecular flexibility index (Phi) is 5.01. The zero-order chi connectivity index (χ0) is 18.7. The number of hydrogen-bond donors (Lipinski definition) is 2. The molecule has 0 atom stereocenters. The van der Waals surface area contributed by atoms with Crippen LogP contribution in [0, 0.1) is 13.8 Å². The van der Waals surface area contributed by atoms with Gasteiger partial charge in [0.15, 0.2) is 0 Å². The van der Waals surface area contributed by atoms with E-state index < -0.39 is 10.0 Å². The summed E-state index contributed by atoms with van der Waals surface area (Å²) < 4.78 is 27.4. The van der Waals surface area contributed by atoms with Crippen LogP contribution in [0.3, 0.4) is 0 Å². The number of carbonyl (C=O) groups excluding carboxylic acids is 1. The Morgan fingerprint density at radius 3 is 2.42 bits per heavy atom. The molecule has 2 aromatic heterocycles. The van der Waals surface area contributed by atoms with E-state index in [1.165, 1.54) is 35.6 Å². The van der Waals surface area contributed by atoms with Gasteiger partial charge in [0, 0.05) is 17.4 Å². The van der Waals surface area contributed by atoms with Gasteiger partial charge in [0.05, 0.1) is 9.77 Å². The van der Waals surface area contributed by atoms with Crippen molar-refractivity contribution < 1.29 is 13.2 Å². The van der Waals surface area contributed by atoms with Crippen molar-refractivity contribution in [1.82, 2.24) is 9.97 Å². The molecule has 0 fully saturated rings. The standard InChI is InChI=1S/C17H16N4O3S2/c1-11-10-16(19-12(2)18-11)21-26(23,24)14-7-5-13(6-8-14)20-17(22)15-4-3-9-25-15/h3-10H,1-2H3,(H,20,22)(H,18,19,21). The monoisotopic (exact) mass is 388 g/mol. The first-order valence-corrected chi connectivity index (χ1v) is 10.00. The molecule has 3 rings (SSSR count). The molecule has 2 heterocycles. The minimum Gasteiger partial charge on any atom is -0.321 e. The molecule has 0 bridgehead atoms. The van der Waals surface area contributed by atoms with Crippen molar-refractivity contribution in [3.63, 3.8) is 0 Å². The normalized spacial score (nSPS) is 11.2. The van der Waals surface area contributed by atoms with Gasteiger partial charge in [-0.15, -0.1) is 11.3 Å². The smallest absolute Gasteiger partial charge is 0.265 e. The maximum Gasteiger partial charge on any atom is 0.265 e. The van der Waals surface area contributed by atoms with E-state index >= 15 is 0 Å². The fraction of sp³-hybridized carbons (Fsp3) is 0.118. The second-order valence-electron chi connectivity index (χ2n) is 5.50. The minimum atomic E-state index is -3.79. The van der Waals surface area contributed by atoms with Crippen LogP contribution in [-0.2, 0) is 10.0 Å². The molecule has 134 valence electrons. The van der Waals surface area contributed by atoms with Crippen molar-refractivity contribution in [2.45, 2.75) is 18.7 Å². The highest BCUT2D eigenvalue weighted by molar-refractivity contribution is 7.92. The van der Waals surface area contributed by atoms with Crippen LogP contribution in [-0.4, -0.2) is 24.3 Å². The number of carbonyl (C=O) groups is 1. The molecule has 1 aromatic carbocycles. The summed E-state index contributed by atoms with van der Waals surface area (Å²) in [7, 11) is -3.79. The van der Waals surface area contributed by atoms with Crippen molar-refractivity contribution in [3.8, 4) is 0 Å². The van der Waals surface area contributed by atoms with Crippen LogP contribution in [0.2, 0.25) is 0 Å². The molecule has 0 aliphatic rings. The van der Waals surface area contributed by atoms with Crippen LogP contribution < -0.4 is 10.0 Å². The van der Waals surface area contributed by atoms with Crippen LogP contribution in [0.1, 0.15) is 21.2 Å². The Morgan fingerprint density at radius 2 is 1.81 bits per heavy atom. The average Bonchev–Trinajstić information content (AvgIpc) is 3.08. The SMILES string of the molecule is Cc1cc(NS(=O)(=O)c2ccc(NC(=O)c3cccs3)cc2)nc(C)n1. The van der Waals surface area contributed by atoms with E-state index in [1.807, 2.05) is 5.38 Å². The number of aryl methyl sites for hydroxylation is 2. The van der Waals surface area contributed by atoms with Gasteiger partial charge in [0.1, 0.15) is 11.6 Å². The number of anilines is 2. The molecule has 1 amide bonds. The fourth-order valence-corrected chi connectivity index (χ4v) is 3.89. The highest BCUT2D eigenvalue weighted by Gasteiger charge is 2.16. The van der Waals surface area contributed by atoms with Crippen LogP contribution in [0.25, 0.3) is 0 Å². The molecule has 0 aliphatic carbocycles. The lowest BCUT2D eigenvalue weighted by Gasteiger charge is -2.09. The number of thiophene rings is 1. The van der Waals surface area contributed by atoms with Gasteiger partial charge in [-0.05, 0) is 49.6 Å². The lowest BCUT2D eigenvalue weighted by atomic mass is 10.3. The number of hydrogen-bond acceptors (Lipinski definition) is 6. The van der Waals surface area contributed by atoms with Crippen molar-refractivity contribution in [2.24, 2.45) is 0 Å². The summed E-state index contributed by atoms with van der Waals surface area (Å²) in [4.78, 5) is 20.9. The predicted molar refractivity (Wildman–Crippen MR) is 101 cm³/mol. The van der Waals surface area contributed by atoms with Gasteiger partial charge in [0.2, 0.25) is 0 Å². The third-order valence-electron chi connectivity index (χ3n) is 3.37. The van der Waals surface area contributed by atoms with Gasteiger partial charge in [-0.2, -0.15) is 0 Å². The Bertz CT molecular complexity index is 1010. The van der Waals surface area contributed by atoms with Crippen molar-refractivity contribution in [1.29, 1.82) is 0 Å². The molecular weight excluding hydrogens is 372 g/mol. The van der Waals surface area contributed by atoms with Crippen molar-refractivity contribution in [2.75, 3.05) is 10.0 Å². The molecule has 2 N–H and O–H groups in total. The molecule has 0 spiro atoms. The summed E-state index contributed by atoms with van der Waals surface area (Å²) in [6.45, 7) is 3.45. The lowest BCUT2D eigenvalue weighted by molar-refractivity contribution is 0.103. The number of benzene rings is 1. The Labute approximate surface area is 155 Å². The van der Waals surface area contributed by atoms with Crippen LogP contribution in [0.4, 0.5) is 11.5 Å². The van der Waals surface area contributed by atoms with Crippen LogP contribution in [0.15, 0.2) is 52.7 Å². The number of sulfonamides is 1. The van der Waals surface area contributed by atoms with E-state index in [4.69, 9.17) is 0 Å².